The summed E-state index contributed by atoms with van der Waals surface area (Å²) < 4.78 is 1.96. The summed E-state index contributed by atoms with van der Waals surface area (Å²) in [7, 11) is 2.01. The van der Waals surface area contributed by atoms with Crippen LogP contribution in [-0.2, 0) is 7.05 Å². The summed E-state index contributed by atoms with van der Waals surface area (Å²) in [6.45, 7) is 3.27. The Morgan fingerprint density at radius 2 is 2.11 bits per heavy atom. The van der Waals surface area contributed by atoms with Gasteiger partial charge in [-0.2, -0.15) is 5.10 Å². The Balaban J connectivity index is 1.82. The third-order valence-electron chi connectivity index (χ3n) is 4.95. The Labute approximate surface area is 120 Å². The van der Waals surface area contributed by atoms with Crippen molar-refractivity contribution in [2.24, 2.45) is 24.8 Å². The summed E-state index contributed by atoms with van der Waals surface area (Å²) in [5.74, 6) is 2.63. The second-order valence-electron chi connectivity index (χ2n) is 6.12. The lowest BCUT2D eigenvalue weighted by Crippen LogP contribution is -2.27. The minimum Gasteiger partial charge on any atom is -0.308 e. The van der Waals surface area contributed by atoms with Crippen molar-refractivity contribution >= 4 is 11.6 Å². The van der Waals surface area contributed by atoms with E-state index in [-0.39, 0.29) is 0 Å². The monoisotopic (exact) mass is 281 g/mol. The van der Waals surface area contributed by atoms with Crippen molar-refractivity contribution < 1.29 is 0 Å². The number of hydrogen-bond donors (Lipinski definition) is 1. The molecule has 1 aromatic rings. The number of aromatic nitrogens is 2. The van der Waals surface area contributed by atoms with E-state index in [1.165, 1.54) is 31.4 Å². The highest BCUT2D eigenvalue weighted by molar-refractivity contribution is 6.31. The van der Waals surface area contributed by atoms with Gasteiger partial charge in [0, 0.05) is 7.05 Å². The molecule has 0 radical (unpaired) electrons. The van der Waals surface area contributed by atoms with Crippen LogP contribution in [0.15, 0.2) is 6.20 Å². The fraction of sp³-hybridized carbons (Fsp3) is 0.800. The first-order chi connectivity index (χ1) is 9.24. The van der Waals surface area contributed by atoms with Crippen LogP contribution in [0.5, 0.6) is 0 Å². The van der Waals surface area contributed by atoms with Gasteiger partial charge >= 0.3 is 0 Å². The molecule has 1 heterocycles. The van der Waals surface area contributed by atoms with E-state index >= 15 is 0 Å². The van der Waals surface area contributed by atoms with Gasteiger partial charge in [-0.25, -0.2) is 0 Å². The van der Waals surface area contributed by atoms with Gasteiger partial charge in [0.1, 0.15) is 0 Å². The Kier molecular flexibility index (Phi) is 3.86. The summed E-state index contributed by atoms with van der Waals surface area (Å²) in [5.41, 5.74) is 1.19. The van der Waals surface area contributed by atoms with E-state index in [0.717, 1.165) is 35.7 Å². The predicted octanol–water partition coefficient (Wildman–Crippen LogP) is 3.55. The summed E-state index contributed by atoms with van der Waals surface area (Å²) in [4.78, 5) is 0. The maximum Gasteiger partial charge on any atom is 0.0834 e. The van der Waals surface area contributed by atoms with Crippen LogP contribution in [0, 0.1) is 17.8 Å². The molecule has 19 heavy (non-hydrogen) atoms. The highest BCUT2D eigenvalue weighted by Crippen LogP contribution is 2.60. The lowest BCUT2D eigenvalue weighted by atomic mass is 10.0. The van der Waals surface area contributed by atoms with Gasteiger partial charge in [-0.05, 0) is 43.6 Å². The highest BCUT2D eigenvalue weighted by Gasteiger charge is 2.55. The fourth-order valence-electron chi connectivity index (χ4n) is 4.03. The molecule has 3 rings (SSSR count). The van der Waals surface area contributed by atoms with Crippen molar-refractivity contribution in [1.29, 1.82) is 0 Å². The summed E-state index contributed by atoms with van der Waals surface area (Å²) >= 11 is 6.36. The molecular weight excluding hydrogens is 258 g/mol. The molecule has 1 aromatic heterocycles. The second kappa shape index (κ2) is 5.45. The first kappa shape index (κ1) is 13.4. The van der Waals surface area contributed by atoms with Crippen LogP contribution in [0.3, 0.4) is 0 Å². The number of hydrogen-bond acceptors (Lipinski definition) is 2. The Morgan fingerprint density at radius 1 is 1.42 bits per heavy atom. The van der Waals surface area contributed by atoms with Gasteiger partial charge in [-0.1, -0.05) is 31.4 Å². The van der Waals surface area contributed by atoms with E-state index in [9.17, 15) is 0 Å². The third kappa shape index (κ3) is 2.43. The van der Waals surface area contributed by atoms with Crippen LogP contribution in [-0.4, -0.2) is 16.3 Å². The van der Waals surface area contributed by atoms with E-state index in [0.29, 0.717) is 6.04 Å². The van der Waals surface area contributed by atoms with Gasteiger partial charge in [0.05, 0.1) is 23.0 Å². The second-order valence-corrected chi connectivity index (χ2v) is 6.53. The molecule has 0 amide bonds. The molecule has 3 atom stereocenters. The quantitative estimate of drug-likeness (QED) is 0.894. The maximum atomic E-state index is 6.36. The predicted molar refractivity (Wildman–Crippen MR) is 78.2 cm³/mol. The van der Waals surface area contributed by atoms with E-state index in [1.807, 2.05) is 11.7 Å². The van der Waals surface area contributed by atoms with Gasteiger partial charge < -0.3 is 5.32 Å². The average molecular weight is 282 g/mol. The molecular formula is C15H24ClN3. The molecule has 0 aromatic carbocycles. The van der Waals surface area contributed by atoms with Crippen LogP contribution < -0.4 is 5.32 Å². The molecule has 3 nitrogen and oxygen atoms in total. The van der Waals surface area contributed by atoms with Gasteiger partial charge in [-0.3, -0.25) is 4.68 Å². The number of aryl methyl sites for hydroxylation is 1. The average Bonchev–Trinajstić information content (AvgIpc) is 3.05. The minimum atomic E-state index is 0.396. The molecule has 2 aliphatic rings. The van der Waals surface area contributed by atoms with Crippen LogP contribution in [0.1, 0.15) is 50.8 Å². The summed E-state index contributed by atoms with van der Waals surface area (Å²) in [6, 6.07) is 0.396. The van der Waals surface area contributed by atoms with Gasteiger partial charge in [0.25, 0.3) is 0 Å². The third-order valence-corrected chi connectivity index (χ3v) is 5.25. The van der Waals surface area contributed by atoms with Crippen molar-refractivity contribution in [1.82, 2.24) is 15.1 Å². The first-order valence-corrected chi connectivity index (χ1v) is 8.02. The number of fused-ring (bicyclic) bond motifs is 1. The lowest BCUT2D eigenvalue weighted by molar-refractivity contribution is 0.420. The van der Waals surface area contributed by atoms with E-state index < -0.39 is 0 Å². The van der Waals surface area contributed by atoms with E-state index in [2.05, 4.69) is 17.3 Å². The first-order valence-electron chi connectivity index (χ1n) is 7.64. The SMILES string of the molecule is CCCNC(c1c(Cl)cnn1C)C1C2CCCCC21. The van der Waals surface area contributed by atoms with Crippen LogP contribution in [0.2, 0.25) is 5.02 Å². The summed E-state index contributed by atoms with van der Waals surface area (Å²) in [5, 5.41) is 8.86. The largest absolute Gasteiger partial charge is 0.308 e. The van der Waals surface area contributed by atoms with Crippen molar-refractivity contribution in [3.63, 3.8) is 0 Å². The van der Waals surface area contributed by atoms with Gasteiger partial charge in [0.2, 0.25) is 0 Å². The highest BCUT2D eigenvalue weighted by atomic mass is 35.5. The molecule has 2 fully saturated rings. The van der Waals surface area contributed by atoms with Crippen LogP contribution >= 0.6 is 11.6 Å². The van der Waals surface area contributed by atoms with E-state index in [4.69, 9.17) is 11.6 Å². The van der Waals surface area contributed by atoms with Crippen LogP contribution in [0.4, 0.5) is 0 Å². The molecule has 106 valence electrons. The molecule has 2 aliphatic carbocycles. The Bertz CT molecular complexity index is 411. The lowest BCUT2D eigenvalue weighted by Gasteiger charge is -2.20. The van der Waals surface area contributed by atoms with Gasteiger partial charge in [-0.15, -0.1) is 0 Å². The van der Waals surface area contributed by atoms with Crippen molar-refractivity contribution in [3.05, 3.63) is 16.9 Å². The van der Waals surface area contributed by atoms with Crippen molar-refractivity contribution in [3.8, 4) is 0 Å². The Hall–Kier alpha value is -0.540. The molecule has 0 saturated heterocycles. The standard InChI is InChI=1S/C15H24ClN3/c1-3-8-17-14(15-12(16)9-18-19(15)2)13-10-6-4-5-7-11(10)13/h9-11,13-14,17H,3-8H2,1-2H3. The van der Waals surface area contributed by atoms with Crippen molar-refractivity contribution in [2.75, 3.05) is 6.54 Å². The van der Waals surface area contributed by atoms with E-state index in [1.54, 1.807) is 6.20 Å². The topological polar surface area (TPSA) is 29.9 Å². The normalized spacial score (nSPS) is 31.0. The molecule has 4 heteroatoms. The molecule has 0 bridgehead atoms. The molecule has 3 unspecified atom stereocenters. The number of halogens is 1. The zero-order chi connectivity index (χ0) is 13.4. The smallest absolute Gasteiger partial charge is 0.0834 e. The zero-order valence-corrected chi connectivity index (χ0v) is 12.7. The van der Waals surface area contributed by atoms with Crippen molar-refractivity contribution in [2.45, 2.75) is 45.1 Å². The Morgan fingerprint density at radius 3 is 2.63 bits per heavy atom. The number of nitrogens with one attached hydrogen (secondary N) is 1. The minimum absolute atomic E-state index is 0.396. The molecule has 0 aliphatic heterocycles. The fourth-order valence-corrected chi connectivity index (χ4v) is 4.31. The molecule has 0 spiro atoms. The van der Waals surface area contributed by atoms with Crippen LogP contribution in [0.25, 0.3) is 0 Å². The van der Waals surface area contributed by atoms with Gasteiger partial charge in [0.15, 0.2) is 0 Å². The summed E-state index contributed by atoms with van der Waals surface area (Å²) in [6.07, 6.45) is 8.59. The maximum absolute atomic E-state index is 6.36. The number of nitrogens with zero attached hydrogens (tertiary/aromatic N) is 2. The molecule has 1 N–H and O–H groups in total. The molecule has 2 saturated carbocycles. The zero-order valence-electron chi connectivity index (χ0n) is 11.9. The number of rotatable bonds is 5.